The molecule has 3 N–H and O–H groups in total. The fraction of sp³-hybridized carbons (Fsp3) is 0.400. The Morgan fingerprint density at radius 2 is 1.88 bits per heavy atom. The average Bonchev–Trinajstić information content (AvgIpc) is 3.68. The number of nitrogens with one attached hydrogen (secondary N) is 1. The highest BCUT2D eigenvalue weighted by atomic mass is 35.5. The van der Waals surface area contributed by atoms with Crippen LogP contribution in [0, 0.1) is 0 Å². The molecule has 2 fully saturated rings. The van der Waals surface area contributed by atoms with Gasteiger partial charge in [0.15, 0.2) is 0 Å². The van der Waals surface area contributed by atoms with Gasteiger partial charge in [-0.2, -0.15) is 17.5 Å². The number of aromatic nitrogens is 2. The fourth-order valence-electron chi connectivity index (χ4n) is 4.80. The van der Waals surface area contributed by atoms with Crippen LogP contribution in [0.15, 0.2) is 46.7 Å². The molecule has 2 unspecified atom stereocenters. The van der Waals surface area contributed by atoms with Crippen LogP contribution in [-0.4, -0.2) is 60.3 Å². The van der Waals surface area contributed by atoms with Gasteiger partial charge >= 0.3 is 6.18 Å². The summed E-state index contributed by atoms with van der Waals surface area (Å²) in [6.07, 6.45) is -2.84. The number of nitrogens with zero attached hydrogens (tertiary/aromatic N) is 4. The molecule has 0 aliphatic carbocycles. The van der Waals surface area contributed by atoms with E-state index in [1.165, 1.54) is 28.6 Å². The normalized spacial score (nSPS) is 20.3. The number of halogens is 4. The number of sulfonamides is 1. The molecule has 1 amide bonds. The van der Waals surface area contributed by atoms with Gasteiger partial charge in [-0.1, -0.05) is 23.7 Å². The molecule has 0 spiro atoms. The van der Waals surface area contributed by atoms with Crippen LogP contribution in [0.4, 0.5) is 19.1 Å². The van der Waals surface area contributed by atoms with Crippen LogP contribution >= 0.6 is 22.9 Å². The minimum absolute atomic E-state index is 0.0307. The molecule has 40 heavy (non-hydrogen) atoms. The van der Waals surface area contributed by atoms with Crippen LogP contribution in [0.2, 0.25) is 4.34 Å². The smallest absolute Gasteiger partial charge is 0.349 e. The van der Waals surface area contributed by atoms with Crippen LogP contribution in [0.1, 0.15) is 30.5 Å². The highest BCUT2D eigenvalue weighted by molar-refractivity contribution is 7.91. The van der Waals surface area contributed by atoms with Crippen molar-refractivity contribution in [2.75, 3.05) is 24.5 Å². The predicted octanol–water partition coefficient (Wildman–Crippen LogP) is 3.88. The first-order valence-corrected chi connectivity index (χ1v) is 15.2. The monoisotopic (exact) mass is 614 g/mol. The minimum Gasteiger partial charge on any atom is -0.349 e. The van der Waals surface area contributed by atoms with E-state index in [0.717, 1.165) is 29.9 Å². The third-order valence-corrected chi connectivity index (χ3v) is 10.5. The molecule has 2 saturated heterocycles. The Labute approximate surface area is 238 Å². The molecule has 4 heterocycles. The lowest BCUT2D eigenvalue weighted by Crippen LogP contribution is -2.45. The van der Waals surface area contributed by atoms with E-state index >= 15 is 0 Å². The Morgan fingerprint density at radius 1 is 1.12 bits per heavy atom. The fourth-order valence-corrected chi connectivity index (χ4v) is 8.07. The van der Waals surface area contributed by atoms with E-state index in [1.807, 2.05) is 4.90 Å². The maximum Gasteiger partial charge on any atom is 0.416 e. The zero-order valence-electron chi connectivity index (χ0n) is 21.1. The highest BCUT2D eigenvalue weighted by Gasteiger charge is 2.40. The number of hydrogen-bond donors (Lipinski definition) is 2. The first kappa shape index (κ1) is 28.7. The molecule has 9 nitrogen and oxygen atoms in total. The molecule has 2 atom stereocenters. The van der Waals surface area contributed by atoms with Gasteiger partial charge in [0.05, 0.1) is 27.8 Å². The summed E-state index contributed by atoms with van der Waals surface area (Å²) in [7, 11) is -3.89. The van der Waals surface area contributed by atoms with Gasteiger partial charge in [-0.25, -0.2) is 18.4 Å². The second-order valence-electron chi connectivity index (χ2n) is 9.66. The van der Waals surface area contributed by atoms with Crippen molar-refractivity contribution in [2.45, 2.75) is 48.3 Å². The highest BCUT2D eigenvalue weighted by Crippen LogP contribution is 2.33. The van der Waals surface area contributed by atoms with Gasteiger partial charge in [-0.05, 0) is 49.6 Å². The largest absolute Gasteiger partial charge is 0.416 e. The van der Waals surface area contributed by atoms with Gasteiger partial charge in [0.25, 0.3) is 10.0 Å². The van der Waals surface area contributed by atoms with Gasteiger partial charge < -0.3 is 16.0 Å². The zero-order chi connectivity index (χ0) is 28.7. The van der Waals surface area contributed by atoms with Crippen molar-refractivity contribution in [1.29, 1.82) is 0 Å². The van der Waals surface area contributed by atoms with Crippen LogP contribution in [0.25, 0.3) is 11.3 Å². The molecule has 214 valence electrons. The van der Waals surface area contributed by atoms with E-state index < -0.39 is 33.7 Å². The third-order valence-electron chi connectivity index (χ3n) is 6.84. The van der Waals surface area contributed by atoms with Gasteiger partial charge in [0.2, 0.25) is 11.9 Å². The quantitative estimate of drug-likeness (QED) is 0.414. The molecule has 3 aromatic rings. The lowest BCUT2D eigenvalue weighted by atomic mass is 10.1. The summed E-state index contributed by atoms with van der Waals surface area (Å²) in [5, 5.41) is 2.78. The van der Waals surface area contributed by atoms with E-state index in [2.05, 4.69) is 15.3 Å². The van der Waals surface area contributed by atoms with Gasteiger partial charge in [0, 0.05) is 31.2 Å². The summed E-state index contributed by atoms with van der Waals surface area (Å²) < 4.78 is 67.1. The molecule has 2 aliphatic rings. The van der Waals surface area contributed by atoms with E-state index in [9.17, 15) is 26.4 Å². The van der Waals surface area contributed by atoms with Crippen LogP contribution in [0.5, 0.6) is 0 Å². The molecule has 2 aliphatic heterocycles. The average molecular weight is 615 g/mol. The maximum atomic E-state index is 13.2. The number of rotatable bonds is 7. The summed E-state index contributed by atoms with van der Waals surface area (Å²) in [6.45, 7) is 1.31. The van der Waals surface area contributed by atoms with Crippen molar-refractivity contribution < 1.29 is 26.4 Å². The van der Waals surface area contributed by atoms with Crippen LogP contribution in [0.3, 0.4) is 0 Å². The number of alkyl halides is 3. The Morgan fingerprint density at radius 3 is 2.50 bits per heavy atom. The van der Waals surface area contributed by atoms with Crippen molar-refractivity contribution in [1.82, 2.24) is 19.6 Å². The molecule has 0 saturated carbocycles. The van der Waals surface area contributed by atoms with Crippen molar-refractivity contribution in [2.24, 2.45) is 5.73 Å². The topological polar surface area (TPSA) is 122 Å². The van der Waals surface area contributed by atoms with Crippen molar-refractivity contribution in [3.63, 3.8) is 0 Å². The predicted molar refractivity (Wildman–Crippen MR) is 145 cm³/mol. The molecule has 1 aromatic carbocycles. The summed E-state index contributed by atoms with van der Waals surface area (Å²) in [5.74, 6) is -0.114. The molecule has 0 bridgehead atoms. The second kappa shape index (κ2) is 11.2. The third kappa shape index (κ3) is 6.10. The van der Waals surface area contributed by atoms with Crippen molar-refractivity contribution in [3.8, 4) is 11.3 Å². The number of thiophene rings is 1. The Hall–Kier alpha value is -2.78. The standard InChI is InChI=1S/C25H26ClF3N6O3S2/c26-21-7-8-22(39-21)40(37,38)35-10-1-2-20(35)23(36)31-13-18-12-19(15-3-5-16(6-4-15)25(27,28)29)33-24(32-18)34-11-9-17(30)14-34/h3-8,12,17,20H,1-2,9-11,13-14,30H2,(H,31,36). The van der Waals surface area contributed by atoms with Gasteiger partial charge in [-0.3, -0.25) is 4.79 Å². The number of hydrogen-bond acceptors (Lipinski definition) is 8. The first-order valence-electron chi connectivity index (χ1n) is 12.5. The van der Waals surface area contributed by atoms with Crippen molar-refractivity contribution in [3.05, 3.63) is 58.1 Å². The first-order chi connectivity index (χ1) is 18.9. The molecular weight excluding hydrogens is 589 g/mol. The van der Waals surface area contributed by atoms with E-state index in [-0.39, 0.29) is 23.3 Å². The molecule has 2 aromatic heterocycles. The van der Waals surface area contributed by atoms with E-state index in [1.54, 1.807) is 6.07 Å². The van der Waals surface area contributed by atoms with Gasteiger partial charge in [-0.15, -0.1) is 11.3 Å². The summed E-state index contributed by atoms with van der Waals surface area (Å²) in [4.78, 5) is 24.2. The SMILES string of the molecule is NC1CCN(c2nc(CNC(=O)C3CCCN3S(=O)(=O)c3ccc(Cl)s3)cc(-c3ccc(C(F)(F)F)cc3)n2)C1. The van der Waals surface area contributed by atoms with E-state index in [0.29, 0.717) is 53.2 Å². The van der Waals surface area contributed by atoms with Crippen molar-refractivity contribution >= 4 is 44.8 Å². The summed E-state index contributed by atoms with van der Waals surface area (Å²) >= 11 is 6.86. The maximum absolute atomic E-state index is 13.2. The molecular formula is C25H26ClF3N6O3S2. The summed E-state index contributed by atoms with van der Waals surface area (Å²) in [5.41, 5.74) is 6.54. The second-order valence-corrected chi connectivity index (χ2v) is 13.5. The summed E-state index contributed by atoms with van der Waals surface area (Å²) in [6, 6.07) is 8.22. The Kier molecular flexibility index (Phi) is 8.08. The van der Waals surface area contributed by atoms with Gasteiger partial charge in [0.1, 0.15) is 10.3 Å². The number of carbonyl (C=O) groups is 1. The minimum atomic E-state index is -4.46. The Bertz CT molecular complexity index is 1500. The zero-order valence-corrected chi connectivity index (χ0v) is 23.5. The number of amides is 1. The lowest BCUT2D eigenvalue weighted by Gasteiger charge is -2.23. The Balaban J connectivity index is 1.37. The molecule has 5 rings (SSSR count). The number of nitrogens with two attached hydrogens (primary N) is 1. The number of anilines is 1. The van der Waals surface area contributed by atoms with E-state index in [4.69, 9.17) is 17.3 Å². The molecule has 0 radical (unpaired) electrons. The number of benzene rings is 1. The van der Waals surface area contributed by atoms with Crippen LogP contribution < -0.4 is 16.0 Å². The number of carbonyl (C=O) groups excluding carboxylic acids is 1. The van der Waals surface area contributed by atoms with Crippen LogP contribution in [-0.2, 0) is 27.5 Å². The molecule has 15 heteroatoms. The lowest BCUT2D eigenvalue weighted by molar-refractivity contribution is -0.137.